The molecule has 0 saturated carbocycles. The molecule has 2 rings (SSSR count). The highest BCUT2D eigenvalue weighted by molar-refractivity contribution is 5.31. The van der Waals surface area contributed by atoms with Crippen LogP contribution in [0.2, 0.25) is 0 Å². The summed E-state index contributed by atoms with van der Waals surface area (Å²) in [4.78, 5) is 0. The maximum Gasteiger partial charge on any atom is 0.123 e. The monoisotopic (exact) mass is 206 g/mol. The second-order valence-corrected chi connectivity index (χ2v) is 3.34. The minimum atomic E-state index is -0.591. The van der Waals surface area contributed by atoms with E-state index in [2.05, 4.69) is 5.10 Å². The van der Waals surface area contributed by atoms with Crippen molar-refractivity contribution < 1.29 is 9.50 Å². The second-order valence-electron chi connectivity index (χ2n) is 3.34. The standard InChI is InChI=1S/C11H11FN2O/c1-8(15)11-6-7-14(13-11)10-4-2-9(12)3-5-10/h2-8,15H,1H3. The van der Waals surface area contributed by atoms with Crippen molar-refractivity contribution in [2.24, 2.45) is 0 Å². The number of aromatic nitrogens is 2. The largest absolute Gasteiger partial charge is 0.387 e. The molecule has 0 amide bonds. The van der Waals surface area contributed by atoms with Crippen LogP contribution < -0.4 is 0 Å². The van der Waals surface area contributed by atoms with Gasteiger partial charge in [-0.3, -0.25) is 0 Å². The lowest BCUT2D eigenvalue weighted by molar-refractivity contribution is 0.193. The number of hydrogen-bond donors (Lipinski definition) is 1. The topological polar surface area (TPSA) is 38.0 Å². The highest BCUT2D eigenvalue weighted by atomic mass is 19.1. The second kappa shape index (κ2) is 3.82. The number of rotatable bonds is 2. The van der Waals surface area contributed by atoms with Crippen LogP contribution in [-0.4, -0.2) is 14.9 Å². The van der Waals surface area contributed by atoms with Gasteiger partial charge in [-0.15, -0.1) is 0 Å². The van der Waals surface area contributed by atoms with E-state index < -0.39 is 6.10 Å². The van der Waals surface area contributed by atoms with Crippen LogP contribution in [0.15, 0.2) is 36.5 Å². The molecule has 1 aromatic carbocycles. The molecule has 0 aliphatic rings. The fourth-order valence-electron chi connectivity index (χ4n) is 1.30. The van der Waals surface area contributed by atoms with Gasteiger partial charge in [-0.2, -0.15) is 5.10 Å². The Balaban J connectivity index is 2.33. The van der Waals surface area contributed by atoms with E-state index in [0.717, 1.165) is 5.69 Å². The molecule has 3 nitrogen and oxygen atoms in total. The van der Waals surface area contributed by atoms with Crippen LogP contribution in [0.25, 0.3) is 5.69 Å². The molecule has 1 atom stereocenters. The summed E-state index contributed by atoms with van der Waals surface area (Å²) in [5, 5.41) is 13.4. The normalized spacial score (nSPS) is 12.7. The molecule has 1 N–H and O–H groups in total. The summed E-state index contributed by atoms with van der Waals surface area (Å²) in [7, 11) is 0. The summed E-state index contributed by atoms with van der Waals surface area (Å²) in [5.41, 5.74) is 1.36. The third-order valence-electron chi connectivity index (χ3n) is 2.13. The zero-order valence-electron chi connectivity index (χ0n) is 8.26. The summed E-state index contributed by atoms with van der Waals surface area (Å²) in [6.45, 7) is 1.65. The molecule has 1 heterocycles. The summed E-state index contributed by atoms with van der Waals surface area (Å²) < 4.78 is 14.3. The predicted octanol–water partition coefficient (Wildman–Crippen LogP) is 2.06. The van der Waals surface area contributed by atoms with E-state index in [1.54, 1.807) is 36.0 Å². The third-order valence-corrected chi connectivity index (χ3v) is 2.13. The Hall–Kier alpha value is -1.68. The van der Waals surface area contributed by atoms with E-state index in [0.29, 0.717) is 5.69 Å². The minimum absolute atomic E-state index is 0.276. The lowest BCUT2D eigenvalue weighted by atomic mass is 10.3. The van der Waals surface area contributed by atoms with Gasteiger partial charge in [-0.05, 0) is 37.3 Å². The van der Waals surface area contributed by atoms with Gasteiger partial charge < -0.3 is 5.11 Å². The van der Waals surface area contributed by atoms with Gasteiger partial charge >= 0.3 is 0 Å². The van der Waals surface area contributed by atoms with Gasteiger partial charge in [-0.1, -0.05) is 0 Å². The summed E-state index contributed by atoms with van der Waals surface area (Å²) >= 11 is 0. The Morgan fingerprint density at radius 1 is 1.27 bits per heavy atom. The smallest absolute Gasteiger partial charge is 0.123 e. The number of halogens is 1. The lowest BCUT2D eigenvalue weighted by Crippen LogP contribution is -1.98. The summed E-state index contributed by atoms with van der Waals surface area (Å²) in [6, 6.07) is 7.74. The molecule has 0 fully saturated rings. The van der Waals surface area contributed by atoms with Gasteiger partial charge in [-0.25, -0.2) is 9.07 Å². The SMILES string of the molecule is CC(O)c1ccn(-c2ccc(F)cc2)n1. The van der Waals surface area contributed by atoms with Crippen molar-refractivity contribution in [2.45, 2.75) is 13.0 Å². The van der Waals surface area contributed by atoms with E-state index in [9.17, 15) is 9.50 Å². The van der Waals surface area contributed by atoms with Crippen molar-refractivity contribution in [3.63, 3.8) is 0 Å². The average Bonchev–Trinajstić information content (AvgIpc) is 2.68. The van der Waals surface area contributed by atoms with Crippen LogP contribution in [0.5, 0.6) is 0 Å². The number of nitrogens with zero attached hydrogens (tertiary/aromatic N) is 2. The molecule has 78 valence electrons. The van der Waals surface area contributed by atoms with Crippen LogP contribution in [0.1, 0.15) is 18.7 Å². The van der Waals surface area contributed by atoms with Crippen molar-refractivity contribution in [1.82, 2.24) is 9.78 Å². The fourth-order valence-corrected chi connectivity index (χ4v) is 1.30. The highest BCUT2D eigenvalue weighted by Crippen LogP contribution is 2.12. The van der Waals surface area contributed by atoms with Gasteiger partial charge in [0.1, 0.15) is 5.82 Å². The first-order valence-electron chi connectivity index (χ1n) is 4.66. The van der Waals surface area contributed by atoms with Crippen LogP contribution in [0.3, 0.4) is 0 Å². The lowest BCUT2D eigenvalue weighted by Gasteiger charge is -2.01. The van der Waals surface area contributed by atoms with Crippen molar-refractivity contribution in [1.29, 1.82) is 0 Å². The van der Waals surface area contributed by atoms with Crippen LogP contribution in [0, 0.1) is 5.82 Å². The Labute approximate surface area is 86.8 Å². The number of hydrogen-bond acceptors (Lipinski definition) is 2. The quantitative estimate of drug-likeness (QED) is 0.816. The first-order valence-corrected chi connectivity index (χ1v) is 4.66. The van der Waals surface area contributed by atoms with E-state index >= 15 is 0 Å². The molecular formula is C11H11FN2O. The summed E-state index contributed by atoms with van der Waals surface area (Å²) in [5.74, 6) is -0.276. The Morgan fingerprint density at radius 3 is 2.47 bits per heavy atom. The zero-order valence-corrected chi connectivity index (χ0v) is 8.26. The molecule has 1 aromatic heterocycles. The molecular weight excluding hydrogens is 195 g/mol. The summed E-state index contributed by atoms with van der Waals surface area (Å²) in [6.07, 6.45) is 1.14. The molecule has 1 unspecified atom stereocenters. The van der Waals surface area contributed by atoms with Crippen molar-refractivity contribution in [2.75, 3.05) is 0 Å². The van der Waals surface area contributed by atoms with Crippen molar-refractivity contribution in [3.8, 4) is 5.69 Å². The Bertz CT molecular complexity index is 448. The Morgan fingerprint density at radius 2 is 1.93 bits per heavy atom. The van der Waals surface area contributed by atoms with E-state index in [1.807, 2.05) is 0 Å². The molecule has 0 radical (unpaired) electrons. The molecule has 0 spiro atoms. The minimum Gasteiger partial charge on any atom is -0.387 e. The van der Waals surface area contributed by atoms with Crippen LogP contribution in [-0.2, 0) is 0 Å². The third kappa shape index (κ3) is 2.05. The van der Waals surface area contributed by atoms with E-state index in [-0.39, 0.29) is 5.82 Å². The van der Waals surface area contributed by atoms with Gasteiger partial charge in [0, 0.05) is 6.20 Å². The molecule has 15 heavy (non-hydrogen) atoms. The van der Waals surface area contributed by atoms with Crippen molar-refractivity contribution in [3.05, 3.63) is 48.0 Å². The molecule has 0 saturated heterocycles. The van der Waals surface area contributed by atoms with Crippen LogP contribution >= 0.6 is 0 Å². The first-order chi connectivity index (χ1) is 7.16. The Kier molecular flexibility index (Phi) is 2.51. The zero-order chi connectivity index (χ0) is 10.8. The maximum absolute atomic E-state index is 12.7. The highest BCUT2D eigenvalue weighted by Gasteiger charge is 2.05. The van der Waals surface area contributed by atoms with E-state index in [1.165, 1.54) is 12.1 Å². The number of aliphatic hydroxyl groups excluding tert-OH is 1. The van der Waals surface area contributed by atoms with Gasteiger partial charge in [0.05, 0.1) is 17.5 Å². The first kappa shape index (κ1) is 9.86. The molecule has 0 aliphatic heterocycles. The number of aliphatic hydroxyl groups is 1. The molecule has 0 bridgehead atoms. The maximum atomic E-state index is 12.7. The predicted molar refractivity (Wildman–Crippen MR) is 54.2 cm³/mol. The van der Waals surface area contributed by atoms with E-state index in [4.69, 9.17) is 0 Å². The van der Waals surface area contributed by atoms with Crippen molar-refractivity contribution >= 4 is 0 Å². The molecule has 0 aliphatic carbocycles. The molecule has 2 aromatic rings. The molecule has 4 heteroatoms. The van der Waals surface area contributed by atoms with Gasteiger partial charge in [0.15, 0.2) is 0 Å². The fraction of sp³-hybridized carbons (Fsp3) is 0.182. The average molecular weight is 206 g/mol. The number of benzene rings is 1. The van der Waals surface area contributed by atoms with Gasteiger partial charge in [0.2, 0.25) is 0 Å². The van der Waals surface area contributed by atoms with Gasteiger partial charge in [0.25, 0.3) is 0 Å². The van der Waals surface area contributed by atoms with Crippen LogP contribution in [0.4, 0.5) is 4.39 Å².